The van der Waals surface area contributed by atoms with Crippen LogP contribution < -0.4 is 0 Å². The summed E-state index contributed by atoms with van der Waals surface area (Å²) in [6.07, 6.45) is 6.32. The van der Waals surface area contributed by atoms with Crippen LogP contribution in [0.1, 0.15) is 52.0 Å². The molecule has 2 bridgehead atoms. The number of rotatable bonds is 4. The SMILES string of the molecule is CC[C@H](C)[C@@H](C(=O)N1CC2CC(C1)C1CCCC(=O)N1C2)n1cnnn1. The molecule has 1 aromatic rings. The van der Waals surface area contributed by atoms with Crippen LogP contribution in [0.15, 0.2) is 6.33 Å². The maximum absolute atomic E-state index is 13.4. The predicted octanol–water partition coefficient (Wildman–Crippen LogP) is 1.12. The highest BCUT2D eigenvalue weighted by Crippen LogP contribution is 2.38. The van der Waals surface area contributed by atoms with Crippen molar-refractivity contribution in [2.75, 3.05) is 19.6 Å². The van der Waals surface area contributed by atoms with E-state index in [-0.39, 0.29) is 17.9 Å². The quantitative estimate of drug-likeness (QED) is 0.803. The fourth-order valence-electron chi connectivity index (χ4n) is 5.11. The maximum atomic E-state index is 13.4. The summed E-state index contributed by atoms with van der Waals surface area (Å²) in [5.41, 5.74) is 0. The first-order valence-corrected chi connectivity index (χ1v) is 9.89. The van der Waals surface area contributed by atoms with Crippen LogP contribution in [0, 0.1) is 17.8 Å². The normalized spacial score (nSPS) is 30.7. The summed E-state index contributed by atoms with van der Waals surface area (Å²) in [6, 6.07) is -0.0314. The van der Waals surface area contributed by atoms with Crippen molar-refractivity contribution < 1.29 is 9.59 Å². The van der Waals surface area contributed by atoms with E-state index in [0.29, 0.717) is 30.2 Å². The number of piperidine rings is 3. The molecule has 0 radical (unpaired) electrons. The number of likely N-dealkylation sites (tertiary alicyclic amines) is 1. The van der Waals surface area contributed by atoms with Crippen LogP contribution in [0.5, 0.6) is 0 Å². The molecule has 0 N–H and O–H groups in total. The van der Waals surface area contributed by atoms with Crippen molar-refractivity contribution >= 4 is 11.8 Å². The third kappa shape index (κ3) is 2.99. The van der Waals surface area contributed by atoms with Crippen LogP contribution in [0.3, 0.4) is 0 Å². The molecule has 0 spiro atoms. The van der Waals surface area contributed by atoms with Gasteiger partial charge in [0.05, 0.1) is 0 Å². The standard InChI is InChI=1S/C18H28N6O2/c1-3-12(2)17(24-11-19-20-21-24)18(26)22-8-13-7-14(10-22)15-5-4-6-16(25)23(15)9-13/h11-15,17H,3-10H2,1-2H3/t12-,13?,14?,15?,17-/m0/s1. The summed E-state index contributed by atoms with van der Waals surface area (Å²) in [7, 11) is 0. The lowest BCUT2D eigenvalue weighted by Crippen LogP contribution is -2.61. The third-order valence-corrected chi connectivity index (χ3v) is 6.58. The Morgan fingerprint density at radius 3 is 2.92 bits per heavy atom. The second kappa shape index (κ2) is 6.96. The molecule has 142 valence electrons. The molecule has 8 heteroatoms. The number of carbonyl (C=O) groups is 2. The topological polar surface area (TPSA) is 84.2 Å². The monoisotopic (exact) mass is 360 g/mol. The minimum atomic E-state index is -0.349. The van der Waals surface area contributed by atoms with Gasteiger partial charge in [-0.2, -0.15) is 0 Å². The smallest absolute Gasteiger partial charge is 0.247 e. The predicted molar refractivity (Wildman–Crippen MR) is 93.8 cm³/mol. The molecule has 3 aliphatic heterocycles. The van der Waals surface area contributed by atoms with Crippen molar-refractivity contribution in [1.29, 1.82) is 0 Å². The van der Waals surface area contributed by atoms with Gasteiger partial charge in [0.15, 0.2) is 0 Å². The van der Waals surface area contributed by atoms with E-state index in [1.165, 1.54) is 0 Å². The molecule has 0 aromatic carbocycles. The van der Waals surface area contributed by atoms with Crippen molar-refractivity contribution in [3.63, 3.8) is 0 Å². The Hall–Kier alpha value is -1.99. The first-order valence-electron chi connectivity index (χ1n) is 9.89. The summed E-state index contributed by atoms with van der Waals surface area (Å²) >= 11 is 0. The Labute approximate surface area is 153 Å². The minimum absolute atomic E-state index is 0.122. The zero-order valence-electron chi connectivity index (χ0n) is 15.6. The molecule has 5 atom stereocenters. The van der Waals surface area contributed by atoms with Gasteiger partial charge in [0, 0.05) is 32.1 Å². The Morgan fingerprint density at radius 2 is 2.19 bits per heavy atom. The van der Waals surface area contributed by atoms with Gasteiger partial charge >= 0.3 is 0 Å². The highest BCUT2D eigenvalue weighted by molar-refractivity contribution is 5.81. The van der Waals surface area contributed by atoms with Crippen molar-refractivity contribution in [1.82, 2.24) is 30.0 Å². The summed E-state index contributed by atoms with van der Waals surface area (Å²) in [4.78, 5) is 29.8. The summed E-state index contributed by atoms with van der Waals surface area (Å²) in [5.74, 6) is 1.39. The number of amides is 2. The number of aromatic nitrogens is 4. The number of nitrogens with zero attached hydrogens (tertiary/aromatic N) is 6. The zero-order chi connectivity index (χ0) is 18.3. The van der Waals surface area contributed by atoms with Crippen LogP contribution >= 0.6 is 0 Å². The lowest BCUT2D eigenvalue weighted by molar-refractivity contribution is -0.150. The van der Waals surface area contributed by atoms with Gasteiger partial charge in [0.1, 0.15) is 12.4 Å². The zero-order valence-corrected chi connectivity index (χ0v) is 15.6. The van der Waals surface area contributed by atoms with Gasteiger partial charge in [0.2, 0.25) is 11.8 Å². The van der Waals surface area contributed by atoms with Gasteiger partial charge in [-0.05, 0) is 47.4 Å². The first-order chi connectivity index (χ1) is 12.6. The second-order valence-electron chi connectivity index (χ2n) is 8.23. The van der Waals surface area contributed by atoms with Gasteiger partial charge < -0.3 is 9.80 Å². The van der Waals surface area contributed by atoms with Crippen molar-refractivity contribution in [2.45, 2.75) is 58.0 Å². The largest absolute Gasteiger partial charge is 0.340 e. The third-order valence-electron chi connectivity index (χ3n) is 6.58. The molecule has 1 aromatic heterocycles. The Balaban J connectivity index is 1.53. The first kappa shape index (κ1) is 17.4. The number of hydrogen-bond acceptors (Lipinski definition) is 5. The van der Waals surface area contributed by atoms with Gasteiger partial charge in [-0.3, -0.25) is 9.59 Å². The van der Waals surface area contributed by atoms with Crippen molar-refractivity contribution in [2.24, 2.45) is 17.8 Å². The van der Waals surface area contributed by atoms with Gasteiger partial charge in [-0.25, -0.2) is 4.68 Å². The fourth-order valence-corrected chi connectivity index (χ4v) is 5.11. The molecule has 3 saturated heterocycles. The highest BCUT2D eigenvalue weighted by Gasteiger charge is 2.46. The van der Waals surface area contributed by atoms with Gasteiger partial charge in [0.25, 0.3) is 0 Å². The highest BCUT2D eigenvalue weighted by atomic mass is 16.2. The summed E-state index contributed by atoms with van der Waals surface area (Å²) in [5, 5.41) is 11.5. The van der Waals surface area contributed by atoms with E-state index in [1.54, 1.807) is 11.0 Å². The molecule has 4 rings (SSSR count). The molecular weight excluding hydrogens is 332 g/mol. The van der Waals surface area contributed by atoms with Crippen LogP contribution in [0.4, 0.5) is 0 Å². The molecule has 3 aliphatic rings. The number of carbonyl (C=O) groups excluding carboxylic acids is 2. The molecule has 3 fully saturated rings. The molecule has 8 nitrogen and oxygen atoms in total. The molecule has 4 heterocycles. The Morgan fingerprint density at radius 1 is 1.35 bits per heavy atom. The lowest BCUT2D eigenvalue weighted by atomic mass is 9.75. The maximum Gasteiger partial charge on any atom is 0.247 e. The molecule has 3 unspecified atom stereocenters. The van der Waals surface area contributed by atoms with E-state index in [1.807, 2.05) is 4.90 Å². The fraction of sp³-hybridized carbons (Fsp3) is 0.833. The number of hydrogen-bond donors (Lipinski definition) is 0. The molecule has 26 heavy (non-hydrogen) atoms. The summed E-state index contributed by atoms with van der Waals surface area (Å²) in [6.45, 7) is 6.46. The molecule has 0 saturated carbocycles. The van der Waals surface area contributed by atoms with E-state index in [4.69, 9.17) is 0 Å². The Bertz CT molecular complexity index is 663. The number of fused-ring (bicyclic) bond motifs is 4. The summed E-state index contributed by atoms with van der Waals surface area (Å²) < 4.78 is 1.61. The molecule has 0 aliphatic carbocycles. The van der Waals surface area contributed by atoms with Gasteiger partial charge in [-0.1, -0.05) is 20.3 Å². The van der Waals surface area contributed by atoms with Crippen LogP contribution in [0.2, 0.25) is 0 Å². The lowest BCUT2D eigenvalue weighted by Gasteiger charge is -2.52. The van der Waals surface area contributed by atoms with E-state index in [2.05, 4.69) is 34.3 Å². The molecular formula is C18H28N6O2. The molecule has 2 amide bonds. The van der Waals surface area contributed by atoms with Gasteiger partial charge in [-0.15, -0.1) is 5.10 Å². The van der Waals surface area contributed by atoms with E-state index in [0.717, 1.165) is 45.3 Å². The van der Waals surface area contributed by atoms with E-state index in [9.17, 15) is 9.59 Å². The van der Waals surface area contributed by atoms with E-state index >= 15 is 0 Å². The van der Waals surface area contributed by atoms with Crippen molar-refractivity contribution in [3.8, 4) is 0 Å². The average Bonchev–Trinajstić information content (AvgIpc) is 3.16. The Kier molecular flexibility index (Phi) is 4.67. The van der Waals surface area contributed by atoms with Crippen molar-refractivity contribution in [3.05, 3.63) is 6.33 Å². The average molecular weight is 360 g/mol. The van der Waals surface area contributed by atoms with Crippen LogP contribution in [-0.4, -0.2) is 67.5 Å². The minimum Gasteiger partial charge on any atom is -0.340 e. The number of tetrazole rings is 1. The van der Waals surface area contributed by atoms with Crippen LogP contribution in [0.25, 0.3) is 0 Å². The van der Waals surface area contributed by atoms with E-state index < -0.39 is 0 Å². The van der Waals surface area contributed by atoms with Crippen LogP contribution in [-0.2, 0) is 9.59 Å². The second-order valence-corrected chi connectivity index (χ2v) is 8.23.